The minimum Gasteiger partial charge on any atom is -0.348 e. The zero-order valence-electron chi connectivity index (χ0n) is 18.0. The Balaban J connectivity index is 1.56. The molecule has 2 heterocycles. The molecule has 2 fully saturated rings. The fourth-order valence-corrected chi connectivity index (χ4v) is 4.85. The summed E-state index contributed by atoms with van der Waals surface area (Å²) in [6.45, 7) is 1.31. The van der Waals surface area contributed by atoms with Crippen LogP contribution in [0.2, 0.25) is 0 Å². The molecular formula is C25H31N3O2. The standard InChI is InChI=1S/C25H31N3O2/c1-27(2)24(30)25(13-4-16-28(18-25)23(29)22-5-3-6-22)17-19-7-9-20(10-8-19)21-11-14-26-15-12-21/h7-12,14-15,22H,3-6,13,16-18H2,1-2H3. The van der Waals surface area contributed by atoms with E-state index in [-0.39, 0.29) is 17.7 Å². The predicted octanol–water partition coefficient (Wildman–Crippen LogP) is 3.79. The lowest BCUT2D eigenvalue weighted by Gasteiger charge is -2.44. The maximum absolute atomic E-state index is 13.3. The van der Waals surface area contributed by atoms with Gasteiger partial charge in [0.15, 0.2) is 0 Å². The van der Waals surface area contributed by atoms with E-state index in [0.717, 1.165) is 55.3 Å². The largest absolute Gasteiger partial charge is 0.348 e. The van der Waals surface area contributed by atoms with Crippen molar-refractivity contribution in [1.29, 1.82) is 0 Å². The van der Waals surface area contributed by atoms with Crippen LogP contribution in [0.4, 0.5) is 0 Å². The Labute approximate surface area is 179 Å². The minimum absolute atomic E-state index is 0.131. The summed E-state index contributed by atoms with van der Waals surface area (Å²) in [5.74, 6) is 0.562. The van der Waals surface area contributed by atoms with Gasteiger partial charge in [-0.15, -0.1) is 0 Å². The number of carbonyl (C=O) groups excluding carboxylic acids is 2. The number of carbonyl (C=O) groups is 2. The second kappa shape index (κ2) is 8.58. The Morgan fingerprint density at radius 2 is 1.70 bits per heavy atom. The average Bonchev–Trinajstić information content (AvgIpc) is 2.73. The van der Waals surface area contributed by atoms with Crippen LogP contribution in [0.1, 0.15) is 37.7 Å². The van der Waals surface area contributed by atoms with Crippen molar-refractivity contribution in [3.8, 4) is 11.1 Å². The Kier molecular flexibility index (Phi) is 5.89. The molecular weight excluding hydrogens is 374 g/mol. The monoisotopic (exact) mass is 405 g/mol. The third-order valence-electron chi connectivity index (χ3n) is 6.71. The number of hydrogen-bond donors (Lipinski definition) is 0. The van der Waals surface area contributed by atoms with Crippen molar-refractivity contribution in [1.82, 2.24) is 14.8 Å². The van der Waals surface area contributed by atoms with Gasteiger partial charge in [-0.2, -0.15) is 0 Å². The van der Waals surface area contributed by atoms with Crippen molar-refractivity contribution in [2.75, 3.05) is 27.2 Å². The highest BCUT2D eigenvalue weighted by atomic mass is 16.2. The van der Waals surface area contributed by atoms with E-state index in [0.29, 0.717) is 13.0 Å². The van der Waals surface area contributed by atoms with Gasteiger partial charge in [-0.05, 0) is 60.9 Å². The van der Waals surface area contributed by atoms with E-state index >= 15 is 0 Å². The molecule has 5 heteroatoms. The first-order valence-corrected chi connectivity index (χ1v) is 11.0. The number of piperidine rings is 1. The number of nitrogens with zero attached hydrogens (tertiary/aromatic N) is 3. The Bertz CT molecular complexity index is 890. The normalized spacial score (nSPS) is 21.7. The molecule has 1 unspecified atom stereocenters. The molecule has 1 atom stereocenters. The van der Waals surface area contributed by atoms with Crippen molar-refractivity contribution in [3.05, 3.63) is 54.4 Å². The first kappa shape index (κ1) is 20.6. The molecule has 158 valence electrons. The number of benzene rings is 1. The second-order valence-electron chi connectivity index (χ2n) is 9.08. The van der Waals surface area contributed by atoms with Crippen LogP contribution in [0.5, 0.6) is 0 Å². The van der Waals surface area contributed by atoms with Gasteiger partial charge in [0.1, 0.15) is 0 Å². The van der Waals surface area contributed by atoms with Gasteiger partial charge in [-0.3, -0.25) is 14.6 Å². The first-order chi connectivity index (χ1) is 14.5. The Morgan fingerprint density at radius 1 is 1.03 bits per heavy atom. The zero-order valence-corrected chi connectivity index (χ0v) is 18.0. The summed E-state index contributed by atoms with van der Waals surface area (Å²) < 4.78 is 0. The van der Waals surface area contributed by atoms with Gasteiger partial charge in [-0.1, -0.05) is 30.7 Å². The van der Waals surface area contributed by atoms with Crippen LogP contribution >= 0.6 is 0 Å². The Hall–Kier alpha value is -2.69. The summed E-state index contributed by atoms with van der Waals surface area (Å²) in [4.78, 5) is 34.0. The number of amides is 2. The van der Waals surface area contributed by atoms with Gasteiger partial charge >= 0.3 is 0 Å². The fourth-order valence-electron chi connectivity index (χ4n) is 4.85. The molecule has 1 aromatic heterocycles. The number of hydrogen-bond acceptors (Lipinski definition) is 3. The van der Waals surface area contributed by atoms with Crippen LogP contribution in [-0.2, 0) is 16.0 Å². The lowest BCUT2D eigenvalue weighted by atomic mass is 9.73. The van der Waals surface area contributed by atoms with E-state index in [1.807, 2.05) is 31.1 Å². The first-order valence-electron chi connectivity index (χ1n) is 11.0. The molecule has 1 aliphatic carbocycles. The van der Waals surface area contributed by atoms with Crippen molar-refractivity contribution >= 4 is 11.8 Å². The summed E-state index contributed by atoms with van der Waals surface area (Å²) in [5.41, 5.74) is 2.87. The number of rotatable bonds is 5. The lowest BCUT2D eigenvalue weighted by molar-refractivity contribution is -0.150. The lowest BCUT2D eigenvalue weighted by Crippen LogP contribution is -2.55. The van der Waals surface area contributed by atoms with E-state index in [9.17, 15) is 9.59 Å². The molecule has 1 aromatic carbocycles. The van der Waals surface area contributed by atoms with Gasteiger partial charge in [0.25, 0.3) is 0 Å². The summed E-state index contributed by atoms with van der Waals surface area (Å²) in [5, 5.41) is 0. The highest BCUT2D eigenvalue weighted by Crippen LogP contribution is 2.38. The van der Waals surface area contributed by atoms with E-state index in [2.05, 4.69) is 29.2 Å². The highest BCUT2D eigenvalue weighted by molar-refractivity contribution is 5.85. The molecule has 4 rings (SSSR count). The van der Waals surface area contributed by atoms with Gasteiger partial charge in [0.05, 0.1) is 5.41 Å². The minimum atomic E-state index is -0.542. The van der Waals surface area contributed by atoms with Crippen molar-refractivity contribution < 1.29 is 9.59 Å². The number of pyridine rings is 1. The Morgan fingerprint density at radius 3 is 2.30 bits per heavy atom. The second-order valence-corrected chi connectivity index (χ2v) is 9.08. The van der Waals surface area contributed by atoms with Crippen LogP contribution in [0, 0.1) is 11.3 Å². The van der Waals surface area contributed by atoms with Crippen LogP contribution in [0.15, 0.2) is 48.8 Å². The van der Waals surface area contributed by atoms with Gasteiger partial charge in [-0.25, -0.2) is 0 Å². The van der Waals surface area contributed by atoms with Gasteiger partial charge < -0.3 is 9.80 Å². The quantitative estimate of drug-likeness (QED) is 0.761. The van der Waals surface area contributed by atoms with Crippen LogP contribution in [0.3, 0.4) is 0 Å². The molecule has 1 saturated heterocycles. The molecule has 2 aromatic rings. The van der Waals surface area contributed by atoms with E-state index in [1.54, 1.807) is 17.3 Å². The fraction of sp³-hybridized carbons (Fsp3) is 0.480. The molecule has 0 bridgehead atoms. The van der Waals surface area contributed by atoms with Crippen LogP contribution in [0.25, 0.3) is 11.1 Å². The van der Waals surface area contributed by atoms with Crippen molar-refractivity contribution in [3.63, 3.8) is 0 Å². The number of likely N-dealkylation sites (tertiary alicyclic amines) is 1. The summed E-state index contributed by atoms with van der Waals surface area (Å²) in [7, 11) is 3.65. The molecule has 1 saturated carbocycles. The molecule has 0 spiro atoms. The molecule has 5 nitrogen and oxygen atoms in total. The van der Waals surface area contributed by atoms with Gasteiger partial charge in [0.2, 0.25) is 11.8 Å². The molecule has 2 amide bonds. The molecule has 30 heavy (non-hydrogen) atoms. The van der Waals surface area contributed by atoms with Gasteiger partial charge in [0, 0.05) is 45.5 Å². The smallest absolute Gasteiger partial charge is 0.230 e. The number of aromatic nitrogens is 1. The van der Waals surface area contributed by atoms with Crippen molar-refractivity contribution in [2.24, 2.45) is 11.3 Å². The van der Waals surface area contributed by atoms with Crippen LogP contribution < -0.4 is 0 Å². The maximum Gasteiger partial charge on any atom is 0.230 e. The van der Waals surface area contributed by atoms with E-state index in [4.69, 9.17) is 0 Å². The average molecular weight is 406 g/mol. The summed E-state index contributed by atoms with van der Waals surface area (Å²) >= 11 is 0. The molecule has 2 aliphatic rings. The van der Waals surface area contributed by atoms with E-state index < -0.39 is 5.41 Å². The molecule has 0 N–H and O–H groups in total. The SMILES string of the molecule is CN(C)C(=O)C1(Cc2ccc(-c3ccncc3)cc2)CCCN(C(=O)C2CCC2)C1. The topological polar surface area (TPSA) is 53.5 Å². The third kappa shape index (κ3) is 4.11. The highest BCUT2D eigenvalue weighted by Gasteiger charge is 2.45. The summed E-state index contributed by atoms with van der Waals surface area (Å²) in [6.07, 6.45) is 9.11. The van der Waals surface area contributed by atoms with Crippen LogP contribution in [-0.4, -0.2) is 53.8 Å². The van der Waals surface area contributed by atoms with E-state index in [1.165, 1.54) is 0 Å². The third-order valence-corrected chi connectivity index (χ3v) is 6.71. The molecule has 1 aliphatic heterocycles. The van der Waals surface area contributed by atoms with Crippen molar-refractivity contribution in [2.45, 2.75) is 38.5 Å². The maximum atomic E-state index is 13.3. The predicted molar refractivity (Wildman–Crippen MR) is 118 cm³/mol. The molecule has 0 radical (unpaired) electrons. The zero-order chi connectivity index (χ0) is 21.1. The summed E-state index contributed by atoms with van der Waals surface area (Å²) in [6, 6.07) is 12.5.